The van der Waals surface area contributed by atoms with E-state index >= 15 is 0 Å². The summed E-state index contributed by atoms with van der Waals surface area (Å²) in [4.78, 5) is 0. The molecule has 13 saturated carbocycles. The predicted octanol–water partition coefficient (Wildman–Crippen LogP) is 17.8. The zero-order chi connectivity index (χ0) is 40.3. The Hall–Kier alpha value is -0.260. The number of hydrogen-bond acceptors (Lipinski definition) is 0. The molecule has 0 amide bonds. The molecule has 0 spiro atoms. The normalized spacial score (nSPS) is 53.0. The van der Waals surface area contributed by atoms with Crippen molar-refractivity contribution < 1.29 is 0 Å². The zero-order valence-corrected chi connectivity index (χ0v) is 40.1. The summed E-state index contributed by atoms with van der Waals surface area (Å²) < 4.78 is 0. The van der Waals surface area contributed by atoms with E-state index in [-0.39, 0.29) is 0 Å². The molecule has 0 aromatic rings. The van der Waals surface area contributed by atoms with Crippen molar-refractivity contribution in [1.29, 1.82) is 0 Å². The van der Waals surface area contributed by atoms with E-state index in [1.165, 1.54) is 85.9 Å². The third-order valence-corrected chi connectivity index (χ3v) is 25.0. The molecule has 0 heteroatoms. The second-order valence-corrected chi connectivity index (χ2v) is 26.7. The first-order chi connectivity index (χ1) is 30.3. The highest BCUT2D eigenvalue weighted by molar-refractivity contribution is 5.22. The Balaban J connectivity index is 0.0000000990. The minimum atomic E-state index is 1.03. The first kappa shape index (κ1) is 42.1. The van der Waals surface area contributed by atoms with Crippen molar-refractivity contribution in [3.8, 4) is 0 Å². The molecule has 14 aliphatic rings. The van der Waals surface area contributed by atoms with Gasteiger partial charge in [-0.1, -0.05) is 114 Å². The molecule has 342 valence electrons. The summed E-state index contributed by atoms with van der Waals surface area (Å²) in [6.07, 6.45) is 62.8. The fraction of sp³-hybridized carbons (Fsp3) is 0.967. The molecular weight excluding hydrogens is 733 g/mol. The number of fused-ring (bicyclic) bond motifs is 19. The molecule has 14 aliphatic carbocycles. The molecule has 14 rings (SSSR count). The van der Waals surface area contributed by atoms with E-state index in [0.29, 0.717) is 0 Å². The lowest BCUT2D eigenvalue weighted by Crippen LogP contribution is -2.49. The summed E-state index contributed by atoms with van der Waals surface area (Å²) in [6, 6.07) is 0. The van der Waals surface area contributed by atoms with Crippen LogP contribution in [-0.4, -0.2) is 0 Å². The highest BCUT2D eigenvalue weighted by atomic mass is 14.6. The van der Waals surface area contributed by atoms with Crippen LogP contribution in [0.4, 0.5) is 0 Å². The molecule has 61 heavy (non-hydrogen) atoms. The van der Waals surface area contributed by atoms with Gasteiger partial charge >= 0.3 is 0 Å². The van der Waals surface area contributed by atoms with Crippen LogP contribution in [0.5, 0.6) is 0 Å². The summed E-state index contributed by atoms with van der Waals surface area (Å²) in [7, 11) is 0. The molecule has 0 saturated heterocycles. The minimum absolute atomic E-state index is 1.03. The van der Waals surface area contributed by atoms with E-state index in [9.17, 15) is 0 Å². The van der Waals surface area contributed by atoms with Gasteiger partial charge < -0.3 is 0 Å². The molecular formula is C61H98. The number of allylic oxidation sites excluding steroid dienone is 2. The van der Waals surface area contributed by atoms with Crippen LogP contribution < -0.4 is 0 Å². The summed E-state index contributed by atoms with van der Waals surface area (Å²) in [5.41, 5.74) is 1.99. The predicted molar refractivity (Wildman–Crippen MR) is 257 cm³/mol. The average molecular weight is 831 g/mol. The Bertz CT molecular complexity index is 1430. The third kappa shape index (κ3) is 8.11. The van der Waals surface area contributed by atoms with E-state index in [4.69, 9.17) is 0 Å². The van der Waals surface area contributed by atoms with Gasteiger partial charge in [-0.05, 0) is 266 Å². The van der Waals surface area contributed by atoms with Crippen LogP contribution in [0.2, 0.25) is 0 Å². The fourth-order valence-corrected chi connectivity index (χ4v) is 22.8. The maximum atomic E-state index is 2.81. The Labute approximate surface area is 378 Å². The molecule has 0 bridgehead atoms. The number of rotatable bonds is 0. The average Bonchev–Trinajstić information content (AvgIpc) is 3.83. The summed E-state index contributed by atoms with van der Waals surface area (Å²) in [5, 5.41) is 0. The van der Waals surface area contributed by atoms with Crippen molar-refractivity contribution in [2.24, 2.45) is 124 Å². The Morgan fingerprint density at radius 1 is 0.197 bits per heavy atom. The monoisotopic (exact) mass is 831 g/mol. The topological polar surface area (TPSA) is 0 Å². The lowest BCUT2D eigenvalue weighted by Gasteiger charge is -2.57. The van der Waals surface area contributed by atoms with Crippen LogP contribution in [0.15, 0.2) is 11.6 Å². The van der Waals surface area contributed by atoms with Crippen molar-refractivity contribution >= 4 is 0 Å². The molecule has 0 aromatic heterocycles. The van der Waals surface area contributed by atoms with Gasteiger partial charge in [0.1, 0.15) is 0 Å². The van der Waals surface area contributed by atoms with Crippen LogP contribution in [0.3, 0.4) is 0 Å². The molecule has 21 atom stereocenters. The van der Waals surface area contributed by atoms with Gasteiger partial charge in [0.15, 0.2) is 0 Å². The van der Waals surface area contributed by atoms with E-state index < -0.39 is 0 Å². The molecule has 0 aromatic carbocycles. The summed E-state index contributed by atoms with van der Waals surface area (Å²) in [6.45, 7) is 0. The van der Waals surface area contributed by atoms with Crippen LogP contribution in [0, 0.1) is 124 Å². The van der Waals surface area contributed by atoms with Gasteiger partial charge in [0.05, 0.1) is 0 Å². The smallest absolute Gasteiger partial charge is 0.0169 e. The van der Waals surface area contributed by atoms with Gasteiger partial charge in [0.2, 0.25) is 0 Å². The molecule has 21 unspecified atom stereocenters. The highest BCUT2D eigenvalue weighted by Crippen LogP contribution is 2.62. The quantitative estimate of drug-likeness (QED) is 0.213. The first-order valence-corrected chi connectivity index (χ1v) is 30.0. The third-order valence-electron chi connectivity index (χ3n) is 25.0. The van der Waals surface area contributed by atoms with Crippen LogP contribution in [0.25, 0.3) is 0 Å². The van der Waals surface area contributed by atoms with E-state index in [1.54, 1.807) is 205 Å². The van der Waals surface area contributed by atoms with Crippen LogP contribution in [0.1, 0.15) is 244 Å². The van der Waals surface area contributed by atoms with Gasteiger partial charge in [-0.25, -0.2) is 0 Å². The summed E-state index contributed by atoms with van der Waals surface area (Å²) in [5.74, 6) is 23.9. The maximum Gasteiger partial charge on any atom is -0.0169 e. The van der Waals surface area contributed by atoms with Crippen molar-refractivity contribution in [1.82, 2.24) is 0 Å². The van der Waals surface area contributed by atoms with Crippen molar-refractivity contribution in [3.63, 3.8) is 0 Å². The van der Waals surface area contributed by atoms with Crippen LogP contribution >= 0.6 is 0 Å². The van der Waals surface area contributed by atoms with E-state index in [1.807, 2.05) is 5.57 Å². The minimum Gasteiger partial charge on any atom is -0.0845 e. The second kappa shape index (κ2) is 18.8. The van der Waals surface area contributed by atoms with Crippen molar-refractivity contribution in [3.05, 3.63) is 11.6 Å². The standard InChI is InChI=1S/C22H36.C22H34.C17H28/c2*1-3-7-17-15(5-1)9-11-21-19(17)13-14-20-18-8-4-2-6-16(18)10-12-22(20)21;1-2-6-14-12(4-1)8-10-17-15-7-3-5-13(15)9-11-16(14)17/h15-22H,1-14H2;13,15-18,20-22H,1-12,14H2;12-17H,1-11H2. The van der Waals surface area contributed by atoms with E-state index in [2.05, 4.69) is 6.08 Å². The largest absolute Gasteiger partial charge is 0.0845 e. The molecule has 0 radical (unpaired) electrons. The zero-order valence-electron chi connectivity index (χ0n) is 40.1. The van der Waals surface area contributed by atoms with Crippen molar-refractivity contribution in [2.75, 3.05) is 0 Å². The lowest BCUT2D eigenvalue weighted by atomic mass is 9.48. The molecule has 0 N–H and O–H groups in total. The Morgan fingerprint density at radius 2 is 0.508 bits per heavy atom. The van der Waals surface area contributed by atoms with Gasteiger partial charge in [-0.3, -0.25) is 0 Å². The molecule has 0 aliphatic heterocycles. The highest BCUT2D eigenvalue weighted by Gasteiger charge is 2.53. The van der Waals surface area contributed by atoms with Gasteiger partial charge in [-0.15, -0.1) is 0 Å². The molecule has 13 fully saturated rings. The SMILES string of the molecule is C1=C2C3CCCCC3CCC2C2CCC3CCCCC3C2C1.C1CCC2C(C1)CCC1C2CCC2C3CCCCC3CCC21.C1CCC2C(C1)CCC1C3CCCC3CCC21. The Morgan fingerprint density at radius 3 is 0.984 bits per heavy atom. The van der Waals surface area contributed by atoms with Gasteiger partial charge in [0, 0.05) is 0 Å². The Kier molecular flexibility index (Phi) is 13.0. The van der Waals surface area contributed by atoms with Crippen molar-refractivity contribution in [2.45, 2.75) is 244 Å². The maximum absolute atomic E-state index is 2.81. The fourth-order valence-electron chi connectivity index (χ4n) is 22.8. The lowest BCUT2D eigenvalue weighted by molar-refractivity contribution is -0.0786. The molecule has 0 heterocycles. The van der Waals surface area contributed by atoms with Gasteiger partial charge in [0.25, 0.3) is 0 Å². The van der Waals surface area contributed by atoms with Crippen LogP contribution in [-0.2, 0) is 0 Å². The van der Waals surface area contributed by atoms with Gasteiger partial charge in [-0.2, -0.15) is 0 Å². The number of hydrogen-bond donors (Lipinski definition) is 0. The molecule has 0 nitrogen and oxygen atoms in total. The second-order valence-electron chi connectivity index (χ2n) is 26.7. The summed E-state index contributed by atoms with van der Waals surface area (Å²) >= 11 is 0. The van der Waals surface area contributed by atoms with E-state index in [0.717, 1.165) is 76.9 Å². The first-order valence-electron chi connectivity index (χ1n) is 30.0.